The Labute approximate surface area is 430 Å². The van der Waals surface area contributed by atoms with Gasteiger partial charge in [0.1, 0.15) is 24.2 Å². The van der Waals surface area contributed by atoms with Crippen LogP contribution in [-0.2, 0) is 52.7 Å². The van der Waals surface area contributed by atoms with E-state index in [1.165, 1.54) is 35.4 Å². The fraction of sp³-hybridized carbons (Fsp3) is 0.784. The van der Waals surface area contributed by atoms with Crippen LogP contribution in [0.2, 0.25) is 0 Å². The second kappa shape index (κ2) is 31.0. The first-order valence-corrected chi connectivity index (χ1v) is 27.2. The predicted molar refractivity (Wildman–Crippen MR) is 273 cm³/mol. The normalized spacial score (nSPS) is 19.1. The van der Waals surface area contributed by atoms with Crippen LogP contribution < -0.4 is 32.3 Å². The molecule has 0 spiro atoms. The zero-order valence-corrected chi connectivity index (χ0v) is 45.5. The van der Waals surface area contributed by atoms with Crippen LogP contribution >= 0.6 is 11.8 Å². The van der Waals surface area contributed by atoms with Crippen molar-refractivity contribution in [3.63, 3.8) is 0 Å². The number of aliphatic hydroxyl groups excluding tert-OH is 1. The monoisotopic (exact) mass is 1030 g/mol. The first kappa shape index (κ1) is 63.2. The summed E-state index contributed by atoms with van der Waals surface area (Å²) in [6, 6.07) is -7.11. The van der Waals surface area contributed by atoms with Crippen LogP contribution in [0.5, 0.6) is 0 Å². The third kappa shape index (κ3) is 19.8. The third-order valence-corrected chi connectivity index (χ3v) is 14.3. The molecule has 0 aromatic carbocycles. The van der Waals surface area contributed by atoms with E-state index in [4.69, 9.17) is 5.73 Å². The van der Waals surface area contributed by atoms with E-state index in [1.54, 1.807) is 20.8 Å². The molecular weight excluding hydrogens is 949 g/mol. The number of rotatable bonds is 32. The molecule has 2 rings (SSSR count). The number of nitrogens with one attached hydrogen (secondary N) is 5. The maximum absolute atomic E-state index is 14.3. The molecule has 2 saturated heterocycles. The van der Waals surface area contributed by atoms with Crippen LogP contribution in [0.25, 0.3) is 0 Å². The molecule has 2 aliphatic heterocycles. The molecule has 8 N–H and O–H groups in total. The molecule has 0 unspecified atom stereocenters. The van der Waals surface area contributed by atoms with Gasteiger partial charge in [-0.1, -0.05) is 61.8 Å². The van der Waals surface area contributed by atoms with Crippen molar-refractivity contribution in [1.82, 2.24) is 36.4 Å². The van der Waals surface area contributed by atoms with Gasteiger partial charge in [-0.25, -0.2) is 0 Å². The number of carbonyl (C=O) groups excluding carboxylic acids is 11. The summed E-state index contributed by atoms with van der Waals surface area (Å²) in [5.74, 6) is -8.04. The molecule has 0 aromatic heterocycles. The summed E-state index contributed by atoms with van der Waals surface area (Å²) in [6.07, 6.45) is 3.79. The highest BCUT2D eigenvalue weighted by Crippen LogP contribution is 2.26. The molecule has 21 heteroatoms. The van der Waals surface area contributed by atoms with Crippen molar-refractivity contribution in [3.05, 3.63) is 0 Å². The minimum atomic E-state index is -1.54. The Morgan fingerprint density at radius 3 is 1.65 bits per heavy atom. The van der Waals surface area contributed by atoms with Crippen LogP contribution in [0.1, 0.15) is 146 Å². The smallest absolute Gasteiger partial charge is 0.248 e. The highest BCUT2D eigenvalue weighted by Gasteiger charge is 2.43. The zero-order chi connectivity index (χ0) is 54.6. The largest absolute Gasteiger partial charge is 0.394 e. The molecule has 72 heavy (non-hydrogen) atoms. The van der Waals surface area contributed by atoms with E-state index in [0.29, 0.717) is 50.8 Å². The molecule has 2 heterocycles. The highest BCUT2D eigenvalue weighted by molar-refractivity contribution is 7.98. The van der Waals surface area contributed by atoms with Crippen molar-refractivity contribution >= 4 is 76.4 Å². The summed E-state index contributed by atoms with van der Waals surface area (Å²) in [7, 11) is 0. The maximum Gasteiger partial charge on any atom is 0.248 e. The lowest BCUT2D eigenvalue weighted by Gasteiger charge is -2.32. The topological polar surface area (TPSA) is 301 Å². The number of likely N-dealkylation sites (tertiary alicyclic amines) is 2. The number of thioether (sulfide) groups is 1. The van der Waals surface area contributed by atoms with Gasteiger partial charge < -0.3 is 47.2 Å². The van der Waals surface area contributed by atoms with Gasteiger partial charge in [0.2, 0.25) is 47.3 Å². The second-order valence-electron chi connectivity index (χ2n) is 20.9. The Bertz CT molecular complexity index is 1910. The zero-order valence-electron chi connectivity index (χ0n) is 44.6. The second-order valence-corrected chi connectivity index (χ2v) is 21.9. The number of aliphatic hydroxyl groups is 1. The first-order chi connectivity index (χ1) is 33.8. The summed E-state index contributed by atoms with van der Waals surface area (Å²) < 4.78 is 0. The van der Waals surface area contributed by atoms with Crippen molar-refractivity contribution < 1.29 is 57.8 Å². The maximum atomic E-state index is 14.3. The minimum Gasteiger partial charge on any atom is -0.394 e. The Morgan fingerprint density at radius 2 is 1.18 bits per heavy atom. The number of carbonyl (C=O) groups is 11. The number of hydrogen-bond donors (Lipinski definition) is 7. The number of ketones is 3. The van der Waals surface area contributed by atoms with E-state index in [9.17, 15) is 57.8 Å². The van der Waals surface area contributed by atoms with Crippen LogP contribution in [0, 0.1) is 35.5 Å². The van der Waals surface area contributed by atoms with Crippen LogP contribution in [0.3, 0.4) is 0 Å². The predicted octanol–water partition coefficient (Wildman–Crippen LogP) is 1.96. The molecule has 20 nitrogen and oxygen atoms in total. The first-order valence-electron chi connectivity index (χ1n) is 25.8. The number of primary amides is 1. The van der Waals surface area contributed by atoms with Gasteiger partial charge in [-0.05, 0) is 94.0 Å². The molecule has 2 fully saturated rings. The van der Waals surface area contributed by atoms with Gasteiger partial charge in [-0.2, -0.15) is 11.8 Å². The Kier molecular flexibility index (Phi) is 27.2. The molecule has 0 aliphatic carbocycles. The Hall–Kier alpha value is -4.92. The highest BCUT2D eigenvalue weighted by atomic mass is 32.2. The minimum absolute atomic E-state index is 0.0389. The number of amides is 8. The van der Waals surface area contributed by atoms with Crippen molar-refractivity contribution in [2.45, 2.75) is 189 Å². The van der Waals surface area contributed by atoms with Crippen molar-refractivity contribution in [2.75, 3.05) is 31.7 Å². The van der Waals surface area contributed by atoms with Gasteiger partial charge >= 0.3 is 0 Å². The van der Waals surface area contributed by atoms with E-state index in [0.717, 1.165) is 0 Å². The van der Waals surface area contributed by atoms with Gasteiger partial charge in [0.15, 0.2) is 17.3 Å². The molecule has 408 valence electrons. The number of hydrogen-bond acceptors (Lipinski definition) is 13. The van der Waals surface area contributed by atoms with Gasteiger partial charge in [-0.15, -0.1) is 0 Å². The van der Waals surface area contributed by atoms with E-state index in [2.05, 4.69) is 26.6 Å². The lowest BCUT2D eigenvalue weighted by atomic mass is 9.84. The van der Waals surface area contributed by atoms with E-state index >= 15 is 0 Å². The van der Waals surface area contributed by atoms with Crippen molar-refractivity contribution in [3.8, 4) is 0 Å². The fourth-order valence-electron chi connectivity index (χ4n) is 9.34. The van der Waals surface area contributed by atoms with Gasteiger partial charge in [-0.3, -0.25) is 52.7 Å². The lowest BCUT2D eigenvalue weighted by Crippen LogP contribution is -2.58. The molecule has 0 aromatic rings. The van der Waals surface area contributed by atoms with Gasteiger partial charge in [0.05, 0.1) is 24.7 Å². The molecule has 8 amide bonds. The van der Waals surface area contributed by atoms with Gasteiger partial charge in [0, 0.05) is 51.1 Å². The van der Waals surface area contributed by atoms with E-state index < -0.39 is 125 Å². The van der Waals surface area contributed by atoms with Crippen LogP contribution in [-0.4, -0.2) is 154 Å². The molecule has 0 saturated carbocycles. The Morgan fingerprint density at radius 1 is 0.653 bits per heavy atom. The average molecular weight is 1040 g/mol. The van der Waals surface area contributed by atoms with E-state index in [-0.39, 0.29) is 68.6 Å². The molecule has 10 atom stereocenters. The number of Topliss-reactive ketones (excluding diaryl/α,β-unsaturated/α-hetero) is 3. The standard InChI is InChI=1S/C51H86N8O12S/c1-12-31(8)45(43(64)26-35(30(6)7)47(67)55-38(24-29(4)5)50(70)58-20-13-15-40(58)48(68)54-37(32(9)61)23-28(2)3)57-49(69)41-16-14-21-59(41)51(71)39(27-60)56-46(66)34(17-18-44(52)65)25-42(63)36(19-22-72-11)53-33(10)62/h28-31,34-41,45,60H,12-27H2,1-11H3,(H2,52,65)(H,53,62)(H,54,68)(H,55,67)(H,56,66)(H,57,69)/t31-,34+,35-,36-,37-,38-,39-,40-,41-,45-/m0/s1. The summed E-state index contributed by atoms with van der Waals surface area (Å²) >= 11 is 1.46. The third-order valence-electron chi connectivity index (χ3n) is 13.7. The average Bonchev–Trinajstić information content (AvgIpc) is 4.01. The number of nitrogens with two attached hydrogens (primary N) is 1. The van der Waals surface area contributed by atoms with Crippen LogP contribution in [0.15, 0.2) is 0 Å². The fourth-order valence-corrected chi connectivity index (χ4v) is 9.81. The van der Waals surface area contributed by atoms with Crippen molar-refractivity contribution in [2.24, 2.45) is 41.2 Å². The lowest BCUT2D eigenvalue weighted by molar-refractivity contribution is -0.144. The summed E-state index contributed by atoms with van der Waals surface area (Å²) in [4.78, 5) is 150. The summed E-state index contributed by atoms with van der Waals surface area (Å²) in [6.45, 7) is 17.1. The molecule has 0 radical (unpaired) electrons. The van der Waals surface area contributed by atoms with E-state index in [1.807, 2.05) is 40.9 Å². The summed E-state index contributed by atoms with van der Waals surface area (Å²) in [5.41, 5.74) is 5.37. The quantitative estimate of drug-likeness (QED) is 0.0508. The molecule has 0 bridgehead atoms. The SMILES string of the molecule is CC[C@H](C)[C@H](NC(=O)[C@@H]1CCCN1C(=O)[C@H](CO)NC(=O)[C@H](CCC(N)=O)CC(=O)[C@H](CCSC)NC(C)=O)C(=O)C[C@H](C(=O)N[C@@H](CC(C)C)C(=O)N1CCC[C@H]1C(=O)N[C@@H](CC(C)C)C(C)=O)C(C)C. The number of nitrogens with zero attached hydrogens (tertiary/aromatic N) is 2. The van der Waals surface area contributed by atoms with Crippen molar-refractivity contribution in [1.29, 1.82) is 0 Å². The van der Waals surface area contributed by atoms with Crippen LogP contribution in [0.4, 0.5) is 0 Å². The molecule has 2 aliphatic rings. The summed E-state index contributed by atoms with van der Waals surface area (Å²) in [5, 5.41) is 24.1. The van der Waals surface area contributed by atoms with Gasteiger partial charge in [0.25, 0.3) is 0 Å². The Balaban J connectivity index is 2.29. The molecular formula is C51H86N8O12S.